The molecule has 0 saturated heterocycles. The van der Waals surface area contributed by atoms with Crippen LogP contribution in [-0.2, 0) is 4.79 Å². The van der Waals surface area contributed by atoms with Crippen molar-refractivity contribution in [2.45, 2.75) is 26.3 Å². The van der Waals surface area contributed by atoms with Crippen molar-refractivity contribution in [2.75, 3.05) is 11.9 Å². The highest BCUT2D eigenvalue weighted by Gasteiger charge is 2.19. The first-order chi connectivity index (χ1) is 8.18. The maximum absolute atomic E-state index is 12.1. The highest BCUT2D eigenvalue weighted by Crippen LogP contribution is 2.19. The van der Waals surface area contributed by atoms with Crippen molar-refractivity contribution < 1.29 is 4.79 Å². The summed E-state index contributed by atoms with van der Waals surface area (Å²) in [7, 11) is 0. The number of hydrogen-bond acceptors (Lipinski definition) is 2. The number of carbonyl (C=O) groups is 1. The normalized spacial score (nSPS) is 19.1. The Labute approximate surface area is 102 Å². The lowest BCUT2D eigenvalue weighted by atomic mass is 10.1. The number of rotatable bonds is 2. The third-order valence-corrected chi connectivity index (χ3v) is 3.07. The van der Waals surface area contributed by atoms with E-state index in [9.17, 15) is 4.79 Å². The smallest absolute Gasteiger partial charge is 0.241 e. The Morgan fingerprint density at radius 1 is 1.29 bits per heavy atom. The fourth-order valence-electron chi connectivity index (χ4n) is 2.03. The lowest BCUT2D eigenvalue weighted by molar-refractivity contribution is -0.118. The predicted octanol–water partition coefficient (Wildman–Crippen LogP) is 2.16. The van der Waals surface area contributed by atoms with E-state index < -0.39 is 0 Å². The number of amides is 1. The molecule has 0 fully saturated rings. The highest BCUT2D eigenvalue weighted by atomic mass is 16.2. The molecule has 1 heterocycles. The number of nitrogens with one attached hydrogen (secondary N) is 2. The zero-order valence-electron chi connectivity index (χ0n) is 10.3. The number of carbonyl (C=O) groups excluding carboxylic acids is 1. The van der Waals surface area contributed by atoms with E-state index in [0.717, 1.165) is 29.8 Å². The molecule has 1 aromatic carbocycles. The quantitative estimate of drug-likeness (QED) is 0.764. The van der Waals surface area contributed by atoms with Crippen molar-refractivity contribution in [1.29, 1.82) is 0 Å². The van der Waals surface area contributed by atoms with Crippen LogP contribution in [0.2, 0.25) is 0 Å². The van der Waals surface area contributed by atoms with E-state index in [1.807, 2.05) is 44.2 Å². The topological polar surface area (TPSA) is 41.1 Å². The molecule has 1 aromatic rings. The number of benzene rings is 1. The minimum atomic E-state index is -0.112. The van der Waals surface area contributed by atoms with Gasteiger partial charge in [0.1, 0.15) is 0 Å². The van der Waals surface area contributed by atoms with Crippen molar-refractivity contribution in [1.82, 2.24) is 5.32 Å². The van der Waals surface area contributed by atoms with Crippen LogP contribution < -0.4 is 10.6 Å². The number of anilines is 1. The highest BCUT2D eigenvalue weighted by molar-refractivity contribution is 5.96. The van der Waals surface area contributed by atoms with E-state index in [2.05, 4.69) is 10.6 Å². The van der Waals surface area contributed by atoms with Crippen LogP contribution in [0.5, 0.6) is 0 Å². The summed E-state index contributed by atoms with van der Waals surface area (Å²) < 4.78 is 0. The Morgan fingerprint density at radius 3 is 2.59 bits per heavy atom. The summed E-state index contributed by atoms with van der Waals surface area (Å²) in [5.74, 6) is 0.0479. The van der Waals surface area contributed by atoms with E-state index in [1.165, 1.54) is 0 Å². The van der Waals surface area contributed by atoms with Crippen molar-refractivity contribution in [3.8, 4) is 0 Å². The molecular weight excluding hydrogens is 212 g/mol. The van der Waals surface area contributed by atoms with E-state index in [4.69, 9.17) is 0 Å². The monoisotopic (exact) mass is 230 g/mol. The summed E-state index contributed by atoms with van der Waals surface area (Å²) in [5, 5.41) is 6.19. The summed E-state index contributed by atoms with van der Waals surface area (Å²) in [5.41, 5.74) is 3.14. The maximum Gasteiger partial charge on any atom is 0.241 e. The standard InChI is InChI=1S/C14H18N2O/c1-10-6-5-7-11(2)13(10)16-14(17)12-8-3-4-9-15-12/h3-7,12,15H,8-9H2,1-2H3,(H,16,17). The SMILES string of the molecule is Cc1cccc(C)c1NC(=O)C1CC=CCN1. The summed E-state index contributed by atoms with van der Waals surface area (Å²) in [6.45, 7) is 4.79. The Bertz CT molecular complexity index is 431. The van der Waals surface area contributed by atoms with Gasteiger partial charge < -0.3 is 10.6 Å². The second-order valence-corrected chi connectivity index (χ2v) is 4.42. The average Bonchev–Trinajstić information content (AvgIpc) is 2.35. The summed E-state index contributed by atoms with van der Waals surface area (Å²) >= 11 is 0. The van der Waals surface area contributed by atoms with Crippen LogP contribution in [-0.4, -0.2) is 18.5 Å². The largest absolute Gasteiger partial charge is 0.324 e. The van der Waals surface area contributed by atoms with Gasteiger partial charge in [-0.3, -0.25) is 4.79 Å². The van der Waals surface area contributed by atoms with Crippen molar-refractivity contribution in [3.05, 3.63) is 41.5 Å². The molecule has 0 bridgehead atoms. The Morgan fingerprint density at radius 2 is 2.00 bits per heavy atom. The van der Waals surface area contributed by atoms with Crippen molar-refractivity contribution in [3.63, 3.8) is 0 Å². The Kier molecular flexibility index (Phi) is 3.59. The van der Waals surface area contributed by atoms with Gasteiger partial charge in [0, 0.05) is 12.2 Å². The molecule has 1 amide bonds. The first-order valence-corrected chi connectivity index (χ1v) is 5.94. The molecule has 0 saturated carbocycles. The molecule has 3 nitrogen and oxygen atoms in total. The van der Waals surface area contributed by atoms with Crippen molar-refractivity contribution in [2.24, 2.45) is 0 Å². The fraction of sp³-hybridized carbons (Fsp3) is 0.357. The van der Waals surface area contributed by atoms with E-state index in [1.54, 1.807) is 0 Å². The van der Waals surface area contributed by atoms with Gasteiger partial charge in [-0.2, -0.15) is 0 Å². The third-order valence-electron chi connectivity index (χ3n) is 3.07. The van der Waals surface area contributed by atoms with Gasteiger partial charge in [-0.25, -0.2) is 0 Å². The number of hydrogen-bond donors (Lipinski definition) is 2. The average molecular weight is 230 g/mol. The molecule has 17 heavy (non-hydrogen) atoms. The van der Waals surface area contributed by atoms with Gasteiger partial charge in [0.25, 0.3) is 0 Å². The minimum Gasteiger partial charge on any atom is -0.324 e. The van der Waals surface area contributed by atoms with Crippen LogP contribution in [0.15, 0.2) is 30.4 Å². The lowest BCUT2D eigenvalue weighted by Gasteiger charge is -2.20. The molecule has 0 aliphatic carbocycles. The van der Waals surface area contributed by atoms with Crippen LogP contribution >= 0.6 is 0 Å². The molecule has 2 rings (SSSR count). The molecule has 1 aliphatic heterocycles. The van der Waals surface area contributed by atoms with Gasteiger partial charge >= 0.3 is 0 Å². The van der Waals surface area contributed by atoms with Gasteiger partial charge in [-0.15, -0.1) is 0 Å². The second-order valence-electron chi connectivity index (χ2n) is 4.42. The molecule has 1 aliphatic rings. The molecular formula is C14H18N2O. The van der Waals surface area contributed by atoms with Gasteiger partial charge in [0.2, 0.25) is 5.91 Å². The van der Waals surface area contributed by atoms with Crippen LogP contribution in [0.4, 0.5) is 5.69 Å². The predicted molar refractivity (Wildman–Crippen MR) is 70.1 cm³/mol. The van der Waals surface area contributed by atoms with Gasteiger partial charge in [0.05, 0.1) is 6.04 Å². The van der Waals surface area contributed by atoms with E-state index in [-0.39, 0.29) is 11.9 Å². The van der Waals surface area contributed by atoms with Crippen LogP contribution in [0, 0.1) is 13.8 Å². The summed E-state index contributed by atoms with van der Waals surface area (Å²) in [4.78, 5) is 12.1. The summed E-state index contributed by atoms with van der Waals surface area (Å²) in [6.07, 6.45) is 4.85. The fourth-order valence-corrected chi connectivity index (χ4v) is 2.03. The molecule has 0 aromatic heterocycles. The number of aryl methyl sites for hydroxylation is 2. The molecule has 0 radical (unpaired) electrons. The maximum atomic E-state index is 12.1. The van der Waals surface area contributed by atoms with Crippen LogP contribution in [0.3, 0.4) is 0 Å². The van der Waals surface area contributed by atoms with Gasteiger partial charge in [-0.1, -0.05) is 30.4 Å². The van der Waals surface area contributed by atoms with E-state index in [0.29, 0.717) is 0 Å². The minimum absolute atomic E-state index is 0.0479. The molecule has 1 atom stereocenters. The van der Waals surface area contributed by atoms with Crippen LogP contribution in [0.25, 0.3) is 0 Å². The Hall–Kier alpha value is -1.61. The molecule has 90 valence electrons. The van der Waals surface area contributed by atoms with Crippen LogP contribution in [0.1, 0.15) is 17.5 Å². The third kappa shape index (κ3) is 2.74. The molecule has 0 spiro atoms. The first-order valence-electron chi connectivity index (χ1n) is 5.94. The molecule has 3 heteroatoms. The Balaban J connectivity index is 2.10. The van der Waals surface area contributed by atoms with Gasteiger partial charge in [0.15, 0.2) is 0 Å². The summed E-state index contributed by atoms with van der Waals surface area (Å²) in [6, 6.07) is 5.91. The zero-order valence-corrected chi connectivity index (χ0v) is 10.3. The van der Waals surface area contributed by atoms with Gasteiger partial charge in [-0.05, 0) is 31.4 Å². The lowest BCUT2D eigenvalue weighted by Crippen LogP contribution is -2.42. The first kappa shape index (κ1) is 11.9. The second kappa shape index (κ2) is 5.15. The zero-order chi connectivity index (χ0) is 12.3. The molecule has 2 N–H and O–H groups in total. The van der Waals surface area contributed by atoms with Crippen molar-refractivity contribution >= 4 is 11.6 Å². The van der Waals surface area contributed by atoms with E-state index >= 15 is 0 Å². The number of para-hydroxylation sites is 1. The molecule has 1 unspecified atom stereocenters.